The Labute approximate surface area is 110 Å². The zero-order chi connectivity index (χ0) is 13.0. The van der Waals surface area contributed by atoms with Crippen molar-refractivity contribution >= 4 is 23.2 Å². The van der Waals surface area contributed by atoms with Crippen molar-refractivity contribution in [3.05, 3.63) is 35.8 Å². The molecule has 0 bridgehead atoms. The van der Waals surface area contributed by atoms with Gasteiger partial charge in [-0.05, 0) is 6.07 Å². The topological polar surface area (TPSA) is 89.9 Å². The zero-order valence-corrected chi connectivity index (χ0v) is 10.7. The number of aryl methyl sites for hydroxylation is 1. The van der Waals surface area contributed by atoms with Gasteiger partial charge in [0.2, 0.25) is 11.8 Å². The molecule has 0 aromatic carbocycles. The number of oxazole rings is 1. The van der Waals surface area contributed by atoms with E-state index in [1.165, 1.54) is 0 Å². The molecule has 18 heavy (non-hydrogen) atoms. The second kappa shape index (κ2) is 5.54. The fraction of sp³-hybridized carbons (Fsp3) is 0.273. The number of hydrogen-bond donors (Lipinski definition) is 2. The largest absolute Gasteiger partial charge is 0.444 e. The second-order valence-corrected chi connectivity index (χ2v) is 4.00. The third-order valence-corrected chi connectivity index (χ3v) is 2.46. The first-order chi connectivity index (χ1) is 8.69. The van der Waals surface area contributed by atoms with E-state index in [9.17, 15) is 0 Å². The Bertz CT molecular complexity index is 554. The molecule has 2 rings (SSSR count). The van der Waals surface area contributed by atoms with Crippen LogP contribution >= 0.6 is 12.2 Å². The van der Waals surface area contributed by atoms with Crippen LogP contribution in [0.3, 0.4) is 0 Å². The van der Waals surface area contributed by atoms with Crippen LogP contribution < -0.4 is 11.1 Å². The molecule has 0 spiro atoms. The molecular formula is C11H13N5OS. The van der Waals surface area contributed by atoms with E-state index >= 15 is 0 Å². The highest BCUT2D eigenvalue weighted by Crippen LogP contribution is 2.07. The third-order valence-electron chi connectivity index (χ3n) is 2.26. The Balaban J connectivity index is 2.01. The molecule has 2 aromatic rings. The smallest absolute Gasteiger partial charge is 0.223 e. The average molecular weight is 263 g/mol. The minimum Gasteiger partial charge on any atom is -0.444 e. The zero-order valence-electron chi connectivity index (χ0n) is 9.88. The first-order valence-electron chi connectivity index (χ1n) is 5.49. The van der Waals surface area contributed by atoms with Crippen molar-refractivity contribution in [3.8, 4) is 0 Å². The van der Waals surface area contributed by atoms with Crippen LogP contribution in [0.5, 0.6) is 0 Å². The predicted octanol–water partition coefficient (Wildman–Crippen LogP) is 1.27. The summed E-state index contributed by atoms with van der Waals surface area (Å²) in [4.78, 5) is 12.6. The molecule has 0 radical (unpaired) electrons. The van der Waals surface area contributed by atoms with E-state index in [1.807, 2.05) is 6.92 Å². The van der Waals surface area contributed by atoms with Crippen LogP contribution in [0.2, 0.25) is 0 Å². The van der Waals surface area contributed by atoms with Gasteiger partial charge in [-0.25, -0.2) is 15.0 Å². The number of nitrogens with one attached hydrogen (secondary N) is 1. The number of rotatable bonds is 5. The molecule has 2 aromatic heterocycles. The lowest BCUT2D eigenvalue weighted by atomic mass is 10.4. The van der Waals surface area contributed by atoms with Gasteiger partial charge in [-0.1, -0.05) is 19.1 Å². The van der Waals surface area contributed by atoms with Crippen LogP contribution in [0.15, 0.2) is 22.9 Å². The highest BCUT2D eigenvalue weighted by atomic mass is 32.1. The molecule has 0 saturated carbocycles. The maximum absolute atomic E-state index is 5.49. The predicted molar refractivity (Wildman–Crippen MR) is 71.1 cm³/mol. The van der Waals surface area contributed by atoms with Crippen molar-refractivity contribution in [3.63, 3.8) is 0 Å². The molecule has 94 valence electrons. The van der Waals surface area contributed by atoms with Crippen molar-refractivity contribution in [2.45, 2.75) is 19.9 Å². The summed E-state index contributed by atoms with van der Waals surface area (Å²) >= 11 is 4.85. The molecule has 6 nitrogen and oxygen atoms in total. The summed E-state index contributed by atoms with van der Waals surface area (Å²) < 4.78 is 5.45. The molecule has 2 heterocycles. The molecule has 0 aliphatic heterocycles. The van der Waals surface area contributed by atoms with Crippen LogP contribution in [0.1, 0.15) is 24.3 Å². The third kappa shape index (κ3) is 3.01. The maximum atomic E-state index is 5.49. The first-order valence-corrected chi connectivity index (χ1v) is 5.90. The Hall–Kier alpha value is -2.02. The Kier molecular flexibility index (Phi) is 3.83. The SMILES string of the molecule is CCc1cnc(CNc2nccc(C(N)=S)n2)o1. The number of nitrogens with zero attached hydrogens (tertiary/aromatic N) is 3. The quantitative estimate of drug-likeness (QED) is 0.785. The van der Waals surface area contributed by atoms with Gasteiger partial charge >= 0.3 is 0 Å². The van der Waals surface area contributed by atoms with E-state index in [-0.39, 0.29) is 4.99 Å². The Morgan fingerprint density at radius 1 is 1.50 bits per heavy atom. The summed E-state index contributed by atoms with van der Waals surface area (Å²) in [6, 6.07) is 1.66. The monoisotopic (exact) mass is 263 g/mol. The summed E-state index contributed by atoms with van der Waals surface area (Å²) in [6.45, 7) is 2.42. The number of hydrogen-bond acceptors (Lipinski definition) is 6. The van der Waals surface area contributed by atoms with Gasteiger partial charge in [0, 0.05) is 12.6 Å². The maximum Gasteiger partial charge on any atom is 0.223 e. The van der Waals surface area contributed by atoms with E-state index in [0.29, 0.717) is 24.1 Å². The van der Waals surface area contributed by atoms with Gasteiger partial charge < -0.3 is 15.5 Å². The lowest BCUT2D eigenvalue weighted by molar-refractivity contribution is 0.465. The number of aromatic nitrogens is 3. The molecular weight excluding hydrogens is 250 g/mol. The van der Waals surface area contributed by atoms with Crippen LogP contribution in [0.25, 0.3) is 0 Å². The van der Waals surface area contributed by atoms with Crippen LogP contribution in [-0.4, -0.2) is 19.9 Å². The average Bonchev–Trinajstić information content (AvgIpc) is 2.84. The number of thiocarbonyl (C=S) groups is 1. The van der Waals surface area contributed by atoms with Gasteiger partial charge in [0.05, 0.1) is 12.7 Å². The van der Waals surface area contributed by atoms with E-state index in [0.717, 1.165) is 12.2 Å². The second-order valence-electron chi connectivity index (χ2n) is 3.56. The van der Waals surface area contributed by atoms with Gasteiger partial charge in [0.15, 0.2) is 0 Å². The van der Waals surface area contributed by atoms with Gasteiger partial charge in [0.1, 0.15) is 16.4 Å². The van der Waals surface area contributed by atoms with E-state index < -0.39 is 0 Å². The molecule has 3 N–H and O–H groups in total. The molecule has 0 fully saturated rings. The fourth-order valence-corrected chi connectivity index (χ4v) is 1.44. The number of anilines is 1. The van der Waals surface area contributed by atoms with E-state index in [2.05, 4.69) is 20.3 Å². The Morgan fingerprint density at radius 2 is 2.33 bits per heavy atom. The van der Waals surface area contributed by atoms with E-state index in [1.54, 1.807) is 18.5 Å². The minimum atomic E-state index is 0.241. The fourth-order valence-electron chi connectivity index (χ4n) is 1.33. The summed E-state index contributed by atoms with van der Waals surface area (Å²) in [6.07, 6.45) is 4.13. The summed E-state index contributed by atoms with van der Waals surface area (Å²) in [5, 5.41) is 3.00. The van der Waals surface area contributed by atoms with Gasteiger partial charge in [0.25, 0.3) is 0 Å². The molecule has 0 aliphatic carbocycles. The van der Waals surface area contributed by atoms with Gasteiger partial charge in [-0.3, -0.25) is 0 Å². The normalized spacial score (nSPS) is 10.3. The molecule has 0 atom stereocenters. The van der Waals surface area contributed by atoms with Crippen molar-refractivity contribution in [1.82, 2.24) is 15.0 Å². The van der Waals surface area contributed by atoms with Crippen LogP contribution in [0, 0.1) is 0 Å². The lowest BCUT2D eigenvalue weighted by Crippen LogP contribution is -2.13. The molecule has 7 heteroatoms. The van der Waals surface area contributed by atoms with Crippen molar-refractivity contribution in [2.24, 2.45) is 5.73 Å². The summed E-state index contributed by atoms with van der Waals surface area (Å²) in [5.41, 5.74) is 6.03. The van der Waals surface area contributed by atoms with Crippen molar-refractivity contribution < 1.29 is 4.42 Å². The van der Waals surface area contributed by atoms with Gasteiger partial charge in [-0.2, -0.15) is 0 Å². The highest BCUT2D eigenvalue weighted by molar-refractivity contribution is 7.80. The minimum absolute atomic E-state index is 0.241. The summed E-state index contributed by atoms with van der Waals surface area (Å²) in [5.74, 6) is 1.89. The van der Waals surface area contributed by atoms with Crippen LogP contribution in [0.4, 0.5) is 5.95 Å². The van der Waals surface area contributed by atoms with Crippen molar-refractivity contribution in [2.75, 3.05) is 5.32 Å². The summed E-state index contributed by atoms with van der Waals surface area (Å²) in [7, 11) is 0. The lowest BCUT2D eigenvalue weighted by Gasteiger charge is -2.03. The van der Waals surface area contributed by atoms with Crippen LogP contribution in [-0.2, 0) is 13.0 Å². The Morgan fingerprint density at radius 3 is 3.00 bits per heavy atom. The first kappa shape index (κ1) is 12.4. The molecule has 0 aliphatic rings. The standard InChI is InChI=1S/C11H13N5OS/c1-2-7-5-14-9(17-7)6-15-11-13-4-3-8(16-11)10(12)18/h3-5H,2,6H2,1H3,(H2,12,18)(H,13,15,16). The molecule has 0 amide bonds. The van der Waals surface area contributed by atoms with Crippen molar-refractivity contribution in [1.29, 1.82) is 0 Å². The van der Waals surface area contributed by atoms with Gasteiger partial charge in [-0.15, -0.1) is 0 Å². The number of nitrogens with two attached hydrogens (primary N) is 1. The molecule has 0 unspecified atom stereocenters. The molecule has 0 saturated heterocycles. The highest BCUT2D eigenvalue weighted by Gasteiger charge is 2.04. The van der Waals surface area contributed by atoms with E-state index in [4.69, 9.17) is 22.4 Å².